The number of ether oxygens (including phenoxy) is 1. The van der Waals surface area contributed by atoms with E-state index in [1.807, 2.05) is 39.8 Å². The minimum atomic E-state index is -0.601. The number of rotatable bonds is 13. The van der Waals surface area contributed by atoms with Crippen molar-refractivity contribution in [2.75, 3.05) is 19.8 Å². The summed E-state index contributed by atoms with van der Waals surface area (Å²) in [6.07, 6.45) is 3.38. The highest BCUT2D eigenvalue weighted by atomic mass is 19.1. The van der Waals surface area contributed by atoms with Gasteiger partial charge in [0, 0.05) is 41.6 Å². The van der Waals surface area contributed by atoms with Crippen molar-refractivity contribution in [2.45, 2.75) is 53.9 Å². The number of aromatic nitrogens is 2. The molecule has 0 aliphatic heterocycles. The fraction of sp³-hybridized carbons (Fsp3) is 0.364. The summed E-state index contributed by atoms with van der Waals surface area (Å²) in [5.74, 6) is 0.595. The number of nitrogens with zero attached hydrogens (tertiary/aromatic N) is 1. The first-order valence-electron chi connectivity index (χ1n) is 14.2. The van der Waals surface area contributed by atoms with E-state index in [1.54, 1.807) is 37.3 Å². The molecule has 9 heteroatoms. The van der Waals surface area contributed by atoms with Crippen LogP contribution in [0.15, 0.2) is 52.5 Å². The SMILES string of the molecule is CC(=CCCc1oc2ccc(-c3cc(C(=O)NCC(C)C)ccc3OCCc3c(C)n[nH]c3C)cc2c1C(N)=O)CF. The van der Waals surface area contributed by atoms with Gasteiger partial charge in [0.25, 0.3) is 11.8 Å². The Kier molecular flexibility index (Phi) is 9.83. The van der Waals surface area contributed by atoms with Gasteiger partial charge in [0.05, 0.1) is 17.9 Å². The van der Waals surface area contributed by atoms with Crippen LogP contribution in [0.1, 0.15) is 70.6 Å². The van der Waals surface area contributed by atoms with Crippen molar-refractivity contribution >= 4 is 22.8 Å². The summed E-state index contributed by atoms with van der Waals surface area (Å²) < 4.78 is 25.1. The number of nitrogens with two attached hydrogens (primary N) is 1. The second kappa shape index (κ2) is 13.5. The number of carbonyl (C=O) groups is 2. The number of alkyl halides is 1. The van der Waals surface area contributed by atoms with E-state index in [2.05, 4.69) is 15.5 Å². The number of benzene rings is 2. The first kappa shape index (κ1) is 30.6. The van der Waals surface area contributed by atoms with Gasteiger partial charge >= 0.3 is 0 Å². The molecule has 0 saturated carbocycles. The summed E-state index contributed by atoms with van der Waals surface area (Å²) >= 11 is 0. The molecule has 0 unspecified atom stereocenters. The Hall–Kier alpha value is -4.40. The van der Waals surface area contributed by atoms with Crippen LogP contribution < -0.4 is 15.8 Å². The van der Waals surface area contributed by atoms with Crippen molar-refractivity contribution in [3.8, 4) is 16.9 Å². The van der Waals surface area contributed by atoms with Crippen LogP contribution in [0.25, 0.3) is 22.1 Å². The maximum atomic E-state index is 13.0. The number of aromatic amines is 1. The van der Waals surface area contributed by atoms with E-state index in [0.29, 0.717) is 83.1 Å². The lowest BCUT2D eigenvalue weighted by atomic mass is 9.98. The van der Waals surface area contributed by atoms with E-state index in [4.69, 9.17) is 14.9 Å². The number of fused-ring (bicyclic) bond motifs is 1. The van der Waals surface area contributed by atoms with E-state index in [0.717, 1.165) is 22.5 Å². The molecule has 2 aromatic carbocycles. The molecule has 2 aromatic heterocycles. The molecule has 0 saturated heterocycles. The predicted octanol–water partition coefficient (Wildman–Crippen LogP) is 6.39. The summed E-state index contributed by atoms with van der Waals surface area (Å²) in [7, 11) is 0. The highest BCUT2D eigenvalue weighted by molar-refractivity contribution is 6.07. The maximum absolute atomic E-state index is 13.0. The van der Waals surface area contributed by atoms with Gasteiger partial charge in [-0.3, -0.25) is 14.7 Å². The maximum Gasteiger partial charge on any atom is 0.252 e. The molecule has 4 rings (SSSR count). The van der Waals surface area contributed by atoms with Gasteiger partial charge in [-0.25, -0.2) is 4.39 Å². The Bertz CT molecular complexity index is 1600. The number of primary amides is 1. The largest absolute Gasteiger partial charge is 0.493 e. The molecule has 0 aliphatic rings. The molecule has 0 aliphatic carbocycles. The van der Waals surface area contributed by atoms with Crippen LogP contribution in [0.2, 0.25) is 0 Å². The molecule has 222 valence electrons. The van der Waals surface area contributed by atoms with Crippen LogP contribution in [0.5, 0.6) is 5.75 Å². The third kappa shape index (κ3) is 7.08. The first-order chi connectivity index (χ1) is 20.1. The number of carbonyl (C=O) groups excluding carboxylic acids is 2. The Morgan fingerprint density at radius 3 is 2.62 bits per heavy atom. The number of H-pyrrole nitrogens is 1. The van der Waals surface area contributed by atoms with Gasteiger partial charge in [-0.15, -0.1) is 0 Å². The lowest BCUT2D eigenvalue weighted by Crippen LogP contribution is -2.27. The van der Waals surface area contributed by atoms with E-state index in [1.165, 1.54) is 0 Å². The predicted molar refractivity (Wildman–Crippen MR) is 163 cm³/mol. The third-order valence-corrected chi connectivity index (χ3v) is 7.20. The average molecular weight is 575 g/mol. The molecular formula is C33H39FN4O4. The number of allylic oxidation sites excluding steroid dienone is 2. The molecule has 0 spiro atoms. The molecule has 2 amide bonds. The molecule has 8 nitrogen and oxygen atoms in total. The van der Waals surface area contributed by atoms with E-state index in [9.17, 15) is 14.0 Å². The third-order valence-electron chi connectivity index (χ3n) is 7.20. The van der Waals surface area contributed by atoms with Gasteiger partial charge in [-0.2, -0.15) is 5.10 Å². The minimum Gasteiger partial charge on any atom is -0.493 e. The van der Waals surface area contributed by atoms with Gasteiger partial charge in [0.15, 0.2) is 0 Å². The van der Waals surface area contributed by atoms with E-state index in [-0.39, 0.29) is 5.91 Å². The fourth-order valence-corrected chi connectivity index (χ4v) is 4.89. The van der Waals surface area contributed by atoms with Crippen LogP contribution >= 0.6 is 0 Å². The quantitative estimate of drug-likeness (QED) is 0.160. The smallest absolute Gasteiger partial charge is 0.252 e. The summed E-state index contributed by atoms with van der Waals surface area (Å²) in [6, 6.07) is 10.9. The Morgan fingerprint density at radius 1 is 1.17 bits per heavy atom. The highest BCUT2D eigenvalue weighted by Gasteiger charge is 2.21. The second-order valence-electron chi connectivity index (χ2n) is 11.0. The van der Waals surface area contributed by atoms with Crippen molar-refractivity contribution < 1.29 is 23.1 Å². The number of furan rings is 1. The van der Waals surface area contributed by atoms with Crippen LogP contribution in [0, 0.1) is 19.8 Å². The van der Waals surface area contributed by atoms with Crippen LogP contribution in [-0.2, 0) is 12.8 Å². The summed E-state index contributed by atoms with van der Waals surface area (Å²) in [5, 5.41) is 10.8. The molecular weight excluding hydrogens is 535 g/mol. The Morgan fingerprint density at radius 2 is 1.95 bits per heavy atom. The van der Waals surface area contributed by atoms with Gasteiger partial charge in [0.2, 0.25) is 0 Å². The van der Waals surface area contributed by atoms with Crippen molar-refractivity contribution in [1.29, 1.82) is 0 Å². The van der Waals surface area contributed by atoms with Crippen LogP contribution in [0.3, 0.4) is 0 Å². The minimum absolute atomic E-state index is 0.178. The monoisotopic (exact) mass is 574 g/mol. The number of amides is 2. The molecule has 0 bridgehead atoms. The first-order valence-corrected chi connectivity index (χ1v) is 14.2. The number of halogens is 1. The lowest BCUT2D eigenvalue weighted by Gasteiger charge is -2.15. The van der Waals surface area contributed by atoms with Crippen LogP contribution in [-0.4, -0.2) is 41.8 Å². The zero-order chi connectivity index (χ0) is 30.4. The fourth-order valence-electron chi connectivity index (χ4n) is 4.89. The van der Waals surface area contributed by atoms with Crippen LogP contribution in [0.4, 0.5) is 4.39 Å². The lowest BCUT2D eigenvalue weighted by molar-refractivity contribution is 0.0947. The normalized spacial score (nSPS) is 11.8. The number of nitrogens with one attached hydrogen (secondary N) is 2. The molecule has 4 aromatic rings. The molecule has 2 heterocycles. The summed E-state index contributed by atoms with van der Waals surface area (Å²) in [4.78, 5) is 25.5. The van der Waals surface area contributed by atoms with Gasteiger partial charge in [0.1, 0.15) is 23.8 Å². The molecule has 4 N–H and O–H groups in total. The number of aryl methyl sites for hydroxylation is 3. The Labute approximate surface area is 245 Å². The zero-order valence-corrected chi connectivity index (χ0v) is 24.9. The standard InChI is InChI=1S/C33H39FN4O4/c1-19(2)18-36-33(40)24-10-11-28(41-14-13-25-21(4)37-38-22(25)5)26(16-24)23-9-12-29-27(15-23)31(32(35)39)30(42-29)8-6-7-20(3)17-34/h7,9-12,15-16,19H,6,8,13-14,17-18H2,1-5H3,(H2,35,39)(H,36,40)(H,37,38). The Balaban J connectivity index is 1.71. The van der Waals surface area contributed by atoms with Gasteiger partial charge in [-0.1, -0.05) is 26.0 Å². The topological polar surface area (TPSA) is 123 Å². The second-order valence-corrected chi connectivity index (χ2v) is 11.0. The van der Waals surface area contributed by atoms with Gasteiger partial charge < -0.3 is 20.2 Å². The summed E-state index contributed by atoms with van der Waals surface area (Å²) in [5.41, 5.74) is 12.2. The molecule has 0 atom stereocenters. The molecule has 0 radical (unpaired) electrons. The summed E-state index contributed by atoms with van der Waals surface area (Å²) in [6.45, 7) is 10.2. The van der Waals surface area contributed by atoms with Gasteiger partial charge in [-0.05, 0) is 80.1 Å². The average Bonchev–Trinajstić information content (AvgIpc) is 3.49. The van der Waals surface area contributed by atoms with E-state index < -0.39 is 12.6 Å². The van der Waals surface area contributed by atoms with Crippen molar-refractivity contribution in [1.82, 2.24) is 15.5 Å². The molecule has 0 fully saturated rings. The van der Waals surface area contributed by atoms with Crippen molar-refractivity contribution in [3.05, 3.63) is 81.9 Å². The number of hydrogen-bond donors (Lipinski definition) is 3. The van der Waals surface area contributed by atoms with Crippen molar-refractivity contribution in [3.63, 3.8) is 0 Å². The number of hydrogen-bond acceptors (Lipinski definition) is 5. The molecule has 42 heavy (non-hydrogen) atoms. The van der Waals surface area contributed by atoms with Crippen molar-refractivity contribution in [2.24, 2.45) is 11.7 Å². The van der Waals surface area contributed by atoms with E-state index >= 15 is 0 Å². The highest BCUT2D eigenvalue weighted by Crippen LogP contribution is 2.36. The zero-order valence-electron chi connectivity index (χ0n) is 24.9.